The molecule has 152 valence electrons. The zero-order valence-electron chi connectivity index (χ0n) is 17.9. The second-order valence-electron chi connectivity index (χ2n) is 7.69. The van der Waals surface area contributed by atoms with Crippen LogP contribution in [0.2, 0.25) is 0 Å². The third-order valence-corrected chi connectivity index (χ3v) is 4.85. The van der Waals surface area contributed by atoms with Crippen molar-refractivity contribution in [2.45, 2.75) is 34.1 Å². The second-order valence-corrected chi connectivity index (χ2v) is 7.69. The minimum atomic E-state index is -0.466. The fraction of sp³-hybridized carbons (Fsp3) is 0.269. The average molecular weight is 399 g/mol. The molecular weight excluding hydrogens is 372 g/mol. The van der Waals surface area contributed by atoms with E-state index in [1.165, 1.54) is 0 Å². The van der Waals surface area contributed by atoms with Crippen molar-refractivity contribution >= 4 is 5.97 Å². The van der Waals surface area contributed by atoms with Crippen molar-refractivity contribution in [2.75, 3.05) is 6.61 Å². The number of hydrogen-bond donors (Lipinski definition) is 0. The third-order valence-electron chi connectivity index (χ3n) is 4.85. The van der Waals surface area contributed by atoms with Crippen LogP contribution in [0.25, 0.3) is 22.4 Å². The number of rotatable bonds is 6. The predicted octanol–water partition coefficient (Wildman–Crippen LogP) is 5.97. The molecule has 0 atom stereocenters. The number of hydrogen-bond acceptors (Lipinski definition) is 4. The Morgan fingerprint density at radius 2 is 1.73 bits per heavy atom. The van der Waals surface area contributed by atoms with Gasteiger partial charge in [-0.1, -0.05) is 74.0 Å². The van der Waals surface area contributed by atoms with E-state index >= 15 is 0 Å². The lowest BCUT2D eigenvalue weighted by Crippen LogP contribution is -2.14. The molecule has 0 fully saturated rings. The molecule has 0 aliphatic carbocycles. The lowest BCUT2D eigenvalue weighted by molar-refractivity contribution is 0.0527. The van der Waals surface area contributed by atoms with E-state index < -0.39 is 5.97 Å². The van der Waals surface area contributed by atoms with Gasteiger partial charge in [0.25, 0.3) is 0 Å². The first kappa shape index (κ1) is 21.3. The Kier molecular flexibility index (Phi) is 6.64. The summed E-state index contributed by atoms with van der Waals surface area (Å²) in [6.07, 6.45) is 0.644. The van der Waals surface area contributed by atoms with Gasteiger partial charge in [0.2, 0.25) is 0 Å². The highest BCUT2D eigenvalue weighted by Gasteiger charge is 2.27. The van der Waals surface area contributed by atoms with Crippen molar-refractivity contribution in [3.05, 3.63) is 77.0 Å². The lowest BCUT2D eigenvalue weighted by atomic mass is 9.88. The molecule has 4 heteroatoms. The van der Waals surface area contributed by atoms with Crippen LogP contribution in [-0.2, 0) is 11.2 Å². The third kappa shape index (κ3) is 4.41. The van der Waals surface area contributed by atoms with Crippen LogP contribution in [0.1, 0.15) is 48.0 Å². The molecular formula is C26H26N2O2. The van der Waals surface area contributed by atoms with E-state index in [9.17, 15) is 10.1 Å². The van der Waals surface area contributed by atoms with Gasteiger partial charge in [0.05, 0.1) is 29.1 Å². The van der Waals surface area contributed by atoms with Gasteiger partial charge in [0.15, 0.2) is 0 Å². The molecule has 0 spiro atoms. The van der Waals surface area contributed by atoms with Crippen LogP contribution in [0, 0.1) is 24.2 Å². The normalized spacial score (nSPS) is 10.7. The van der Waals surface area contributed by atoms with Gasteiger partial charge in [-0.3, -0.25) is 4.98 Å². The van der Waals surface area contributed by atoms with Gasteiger partial charge >= 0.3 is 5.97 Å². The molecule has 3 aromatic rings. The van der Waals surface area contributed by atoms with Crippen LogP contribution in [0.5, 0.6) is 0 Å². The summed E-state index contributed by atoms with van der Waals surface area (Å²) >= 11 is 0. The maximum Gasteiger partial charge on any atom is 0.341 e. The minimum Gasteiger partial charge on any atom is -0.462 e. The molecule has 1 aromatic heterocycles. The predicted molar refractivity (Wildman–Crippen MR) is 119 cm³/mol. The van der Waals surface area contributed by atoms with Gasteiger partial charge < -0.3 is 4.74 Å². The van der Waals surface area contributed by atoms with Crippen molar-refractivity contribution < 1.29 is 9.53 Å². The first-order valence-electron chi connectivity index (χ1n) is 10.2. The van der Waals surface area contributed by atoms with Crippen LogP contribution in [0.15, 0.2) is 54.6 Å². The van der Waals surface area contributed by atoms with Gasteiger partial charge in [0.1, 0.15) is 6.07 Å². The molecule has 0 aliphatic rings. The number of esters is 1. The molecule has 4 nitrogen and oxygen atoms in total. The summed E-state index contributed by atoms with van der Waals surface area (Å²) in [4.78, 5) is 18.0. The van der Waals surface area contributed by atoms with Crippen molar-refractivity contribution in [2.24, 2.45) is 5.92 Å². The van der Waals surface area contributed by atoms with E-state index in [4.69, 9.17) is 9.72 Å². The Labute approximate surface area is 178 Å². The van der Waals surface area contributed by atoms with Gasteiger partial charge in [-0.15, -0.1) is 0 Å². The maximum atomic E-state index is 13.1. The summed E-state index contributed by atoms with van der Waals surface area (Å²) in [5, 5.41) is 10.1. The molecule has 0 N–H and O–H groups in total. The quantitative estimate of drug-likeness (QED) is 0.480. The smallest absolute Gasteiger partial charge is 0.341 e. The van der Waals surface area contributed by atoms with Crippen LogP contribution in [0.4, 0.5) is 0 Å². The van der Waals surface area contributed by atoms with Gasteiger partial charge in [-0.05, 0) is 31.7 Å². The first-order valence-corrected chi connectivity index (χ1v) is 10.2. The van der Waals surface area contributed by atoms with E-state index in [0.29, 0.717) is 40.4 Å². The molecule has 2 aromatic carbocycles. The molecule has 0 radical (unpaired) electrons. The number of pyridine rings is 1. The van der Waals surface area contributed by atoms with Crippen LogP contribution >= 0.6 is 0 Å². The molecule has 0 aliphatic heterocycles. The van der Waals surface area contributed by atoms with E-state index in [-0.39, 0.29) is 6.61 Å². The fourth-order valence-corrected chi connectivity index (χ4v) is 3.51. The summed E-state index contributed by atoms with van der Waals surface area (Å²) in [5.74, 6) is -0.153. The summed E-state index contributed by atoms with van der Waals surface area (Å²) in [6, 6.07) is 19.8. The van der Waals surface area contributed by atoms with Crippen molar-refractivity contribution in [3.8, 4) is 28.5 Å². The van der Waals surface area contributed by atoms with Crippen molar-refractivity contribution in [3.63, 3.8) is 0 Å². The lowest BCUT2D eigenvalue weighted by Gasteiger charge is -2.19. The van der Waals surface area contributed by atoms with Gasteiger partial charge in [-0.2, -0.15) is 5.26 Å². The van der Waals surface area contributed by atoms with Crippen LogP contribution in [0.3, 0.4) is 0 Å². The van der Waals surface area contributed by atoms with Gasteiger partial charge in [0, 0.05) is 11.1 Å². The number of ether oxygens (including phenoxy) is 1. The van der Waals surface area contributed by atoms with Crippen molar-refractivity contribution in [1.29, 1.82) is 5.26 Å². The summed E-state index contributed by atoms with van der Waals surface area (Å²) in [6.45, 7) is 8.21. The first-order chi connectivity index (χ1) is 14.5. The largest absolute Gasteiger partial charge is 0.462 e. The molecule has 0 saturated heterocycles. The number of benzene rings is 2. The SMILES string of the molecule is CCOC(=O)c1c(-c2ccccc2)nc(CC(C)C)c(C#N)c1-c1ccc(C)cc1. The highest BCUT2D eigenvalue weighted by molar-refractivity contribution is 6.04. The van der Waals surface area contributed by atoms with E-state index in [1.807, 2.05) is 61.5 Å². The maximum absolute atomic E-state index is 13.1. The Hall–Kier alpha value is -3.45. The summed E-state index contributed by atoms with van der Waals surface area (Å²) in [5.41, 5.74) is 5.38. The fourth-order valence-electron chi connectivity index (χ4n) is 3.51. The highest BCUT2D eigenvalue weighted by atomic mass is 16.5. The Balaban J connectivity index is 2.44. The van der Waals surface area contributed by atoms with Crippen LogP contribution < -0.4 is 0 Å². The molecule has 3 rings (SSSR count). The number of carbonyl (C=O) groups is 1. The minimum absolute atomic E-state index is 0.246. The zero-order valence-corrected chi connectivity index (χ0v) is 17.9. The van der Waals surface area contributed by atoms with Crippen LogP contribution in [-0.4, -0.2) is 17.6 Å². The van der Waals surface area contributed by atoms with E-state index in [0.717, 1.165) is 16.7 Å². The summed E-state index contributed by atoms with van der Waals surface area (Å²) in [7, 11) is 0. The number of aryl methyl sites for hydroxylation is 1. The highest BCUT2D eigenvalue weighted by Crippen LogP contribution is 2.36. The monoisotopic (exact) mass is 398 g/mol. The second kappa shape index (κ2) is 9.37. The molecule has 1 heterocycles. The number of nitrogens with zero attached hydrogens (tertiary/aromatic N) is 2. The number of carbonyl (C=O) groups excluding carboxylic acids is 1. The molecule has 30 heavy (non-hydrogen) atoms. The Morgan fingerprint density at radius 1 is 1.07 bits per heavy atom. The Bertz CT molecular complexity index is 1080. The van der Waals surface area contributed by atoms with E-state index in [1.54, 1.807) is 6.92 Å². The average Bonchev–Trinajstić information content (AvgIpc) is 2.74. The number of aromatic nitrogens is 1. The molecule has 0 amide bonds. The molecule has 0 saturated carbocycles. The van der Waals surface area contributed by atoms with Crippen molar-refractivity contribution in [1.82, 2.24) is 4.98 Å². The molecule has 0 unspecified atom stereocenters. The molecule has 0 bridgehead atoms. The summed E-state index contributed by atoms with van der Waals surface area (Å²) < 4.78 is 5.41. The standard InChI is InChI=1S/C26H26N2O2/c1-5-30-26(29)24-23(19-13-11-18(4)12-14-19)21(16-27)22(15-17(2)3)28-25(24)20-9-7-6-8-10-20/h6-14,17H,5,15H2,1-4H3. The van der Waals surface area contributed by atoms with Gasteiger partial charge in [-0.25, -0.2) is 4.79 Å². The van der Waals surface area contributed by atoms with E-state index in [2.05, 4.69) is 19.9 Å². The zero-order chi connectivity index (χ0) is 21.7. The number of nitriles is 1. The Morgan fingerprint density at radius 3 is 2.30 bits per heavy atom. The topological polar surface area (TPSA) is 63.0 Å².